The minimum absolute atomic E-state index is 0.0294. The lowest BCUT2D eigenvalue weighted by molar-refractivity contribution is -0.0792. The Morgan fingerprint density at radius 1 is 0.875 bits per heavy atom. The molecule has 0 aromatic rings. The highest BCUT2D eigenvalue weighted by atomic mass is 16.5. The third-order valence-electron chi connectivity index (χ3n) is 2.93. The maximum atomic E-state index is 5.77. The zero-order valence-corrected chi connectivity index (χ0v) is 11.7. The second kappa shape index (κ2) is 8.04. The molecule has 0 amide bonds. The predicted octanol–water partition coefficient (Wildman–Crippen LogP) is 2.59. The van der Waals surface area contributed by atoms with Crippen LogP contribution in [0.4, 0.5) is 0 Å². The molecule has 0 N–H and O–H groups in total. The summed E-state index contributed by atoms with van der Waals surface area (Å²) >= 11 is 0. The van der Waals surface area contributed by atoms with Crippen molar-refractivity contribution < 1.29 is 14.2 Å². The molecule has 0 aromatic carbocycles. The van der Waals surface area contributed by atoms with E-state index in [9.17, 15) is 0 Å². The van der Waals surface area contributed by atoms with Gasteiger partial charge in [0.05, 0.1) is 19.8 Å². The predicted molar refractivity (Wildman–Crippen MR) is 66.7 cm³/mol. The first-order valence-corrected chi connectivity index (χ1v) is 6.04. The highest BCUT2D eigenvalue weighted by molar-refractivity contribution is 4.82. The van der Waals surface area contributed by atoms with Gasteiger partial charge >= 0.3 is 0 Å². The Labute approximate surface area is 100 Å². The summed E-state index contributed by atoms with van der Waals surface area (Å²) in [5.74, 6) is 1.04. The van der Waals surface area contributed by atoms with Crippen LogP contribution >= 0.6 is 0 Å². The Bertz CT molecular complexity index is 161. The van der Waals surface area contributed by atoms with Crippen molar-refractivity contribution in [3.63, 3.8) is 0 Å². The molecule has 0 rings (SSSR count). The number of methoxy groups -OCH3 is 2. The van der Waals surface area contributed by atoms with Crippen molar-refractivity contribution in [2.75, 3.05) is 40.6 Å². The van der Waals surface area contributed by atoms with Gasteiger partial charge in [0.25, 0.3) is 0 Å². The summed E-state index contributed by atoms with van der Waals surface area (Å²) in [6, 6.07) is 0. The molecule has 0 aliphatic heterocycles. The van der Waals surface area contributed by atoms with Crippen LogP contribution in [0.25, 0.3) is 0 Å². The fourth-order valence-corrected chi connectivity index (χ4v) is 1.70. The Kier molecular flexibility index (Phi) is 7.98. The van der Waals surface area contributed by atoms with Crippen molar-refractivity contribution in [3.8, 4) is 0 Å². The maximum Gasteiger partial charge on any atom is 0.0569 e. The average Bonchev–Trinajstić information content (AvgIpc) is 2.17. The topological polar surface area (TPSA) is 27.7 Å². The molecule has 3 nitrogen and oxygen atoms in total. The van der Waals surface area contributed by atoms with Crippen LogP contribution in [0, 0.1) is 17.3 Å². The second-order valence-corrected chi connectivity index (χ2v) is 5.29. The SMILES string of the molecule is COCC(COC)(COCC(C)C)C(C)C. The van der Waals surface area contributed by atoms with Crippen molar-refractivity contribution in [2.45, 2.75) is 27.7 Å². The van der Waals surface area contributed by atoms with Gasteiger partial charge in [-0.15, -0.1) is 0 Å². The lowest BCUT2D eigenvalue weighted by atomic mass is 9.79. The van der Waals surface area contributed by atoms with E-state index >= 15 is 0 Å². The van der Waals surface area contributed by atoms with E-state index in [1.54, 1.807) is 14.2 Å². The summed E-state index contributed by atoms with van der Waals surface area (Å²) < 4.78 is 16.4. The first-order valence-electron chi connectivity index (χ1n) is 6.04. The van der Waals surface area contributed by atoms with Gasteiger partial charge in [-0.05, 0) is 11.8 Å². The quantitative estimate of drug-likeness (QED) is 0.611. The molecule has 0 heterocycles. The summed E-state index contributed by atoms with van der Waals surface area (Å²) in [7, 11) is 3.46. The molecule has 3 heteroatoms. The Morgan fingerprint density at radius 2 is 1.38 bits per heavy atom. The molecule has 16 heavy (non-hydrogen) atoms. The van der Waals surface area contributed by atoms with Crippen LogP contribution < -0.4 is 0 Å². The average molecular weight is 232 g/mol. The summed E-state index contributed by atoms with van der Waals surface area (Å²) in [5, 5.41) is 0. The zero-order chi connectivity index (χ0) is 12.6. The van der Waals surface area contributed by atoms with E-state index in [0.29, 0.717) is 31.7 Å². The van der Waals surface area contributed by atoms with Gasteiger partial charge in [-0.1, -0.05) is 27.7 Å². The highest BCUT2D eigenvalue weighted by Crippen LogP contribution is 2.29. The monoisotopic (exact) mass is 232 g/mol. The minimum Gasteiger partial charge on any atom is -0.384 e. The highest BCUT2D eigenvalue weighted by Gasteiger charge is 2.34. The van der Waals surface area contributed by atoms with Crippen molar-refractivity contribution in [2.24, 2.45) is 17.3 Å². The summed E-state index contributed by atoms with van der Waals surface area (Å²) in [4.78, 5) is 0. The van der Waals surface area contributed by atoms with E-state index in [0.717, 1.165) is 6.61 Å². The molecule has 0 saturated heterocycles. The van der Waals surface area contributed by atoms with Crippen LogP contribution in [0.1, 0.15) is 27.7 Å². The van der Waals surface area contributed by atoms with Gasteiger partial charge in [0, 0.05) is 26.2 Å². The molecule has 0 spiro atoms. The third kappa shape index (κ3) is 5.28. The summed E-state index contributed by atoms with van der Waals surface area (Å²) in [5.41, 5.74) is -0.0294. The Morgan fingerprint density at radius 3 is 1.69 bits per heavy atom. The first kappa shape index (κ1) is 15.9. The molecule has 0 saturated carbocycles. The van der Waals surface area contributed by atoms with Gasteiger partial charge in [-0.2, -0.15) is 0 Å². The van der Waals surface area contributed by atoms with E-state index in [2.05, 4.69) is 27.7 Å². The number of rotatable bonds is 9. The largest absolute Gasteiger partial charge is 0.384 e. The maximum absolute atomic E-state index is 5.77. The van der Waals surface area contributed by atoms with Crippen molar-refractivity contribution in [1.82, 2.24) is 0 Å². The van der Waals surface area contributed by atoms with E-state index in [1.807, 2.05) is 0 Å². The summed E-state index contributed by atoms with van der Waals surface area (Å²) in [6.45, 7) is 11.5. The van der Waals surface area contributed by atoms with Crippen molar-refractivity contribution in [3.05, 3.63) is 0 Å². The molecule has 0 radical (unpaired) electrons. The Balaban J connectivity index is 4.36. The van der Waals surface area contributed by atoms with Crippen LogP contribution in [-0.2, 0) is 14.2 Å². The van der Waals surface area contributed by atoms with Crippen LogP contribution in [0.2, 0.25) is 0 Å². The van der Waals surface area contributed by atoms with Gasteiger partial charge < -0.3 is 14.2 Å². The van der Waals surface area contributed by atoms with Gasteiger partial charge in [-0.25, -0.2) is 0 Å². The van der Waals surface area contributed by atoms with Crippen molar-refractivity contribution in [1.29, 1.82) is 0 Å². The normalized spacial score (nSPS) is 12.8. The summed E-state index contributed by atoms with van der Waals surface area (Å²) in [6.07, 6.45) is 0. The van der Waals surface area contributed by atoms with E-state index in [-0.39, 0.29) is 5.41 Å². The molecule has 0 atom stereocenters. The van der Waals surface area contributed by atoms with E-state index < -0.39 is 0 Å². The molecule has 0 bridgehead atoms. The van der Waals surface area contributed by atoms with Gasteiger partial charge in [-0.3, -0.25) is 0 Å². The Hall–Kier alpha value is -0.120. The van der Waals surface area contributed by atoms with Gasteiger partial charge in [0.1, 0.15) is 0 Å². The fraction of sp³-hybridized carbons (Fsp3) is 1.00. The lowest BCUT2D eigenvalue weighted by Crippen LogP contribution is -2.41. The van der Waals surface area contributed by atoms with Gasteiger partial charge in [0.15, 0.2) is 0 Å². The smallest absolute Gasteiger partial charge is 0.0569 e. The third-order valence-corrected chi connectivity index (χ3v) is 2.93. The van der Waals surface area contributed by atoms with Crippen LogP contribution in [0.3, 0.4) is 0 Å². The molecule has 0 aliphatic carbocycles. The molecule has 0 aromatic heterocycles. The molecule has 0 aliphatic rings. The zero-order valence-electron chi connectivity index (χ0n) is 11.7. The van der Waals surface area contributed by atoms with Gasteiger partial charge in [0.2, 0.25) is 0 Å². The first-order chi connectivity index (χ1) is 7.48. The molecule has 98 valence electrons. The molecule has 0 unspecified atom stereocenters. The van der Waals surface area contributed by atoms with Crippen LogP contribution in [0.5, 0.6) is 0 Å². The minimum atomic E-state index is -0.0294. The van der Waals surface area contributed by atoms with Crippen LogP contribution in [-0.4, -0.2) is 40.6 Å². The van der Waals surface area contributed by atoms with E-state index in [1.165, 1.54) is 0 Å². The number of hydrogen-bond donors (Lipinski definition) is 0. The second-order valence-electron chi connectivity index (χ2n) is 5.29. The molecule has 0 fully saturated rings. The molecular weight excluding hydrogens is 204 g/mol. The molecular formula is C13H28O3. The number of ether oxygens (including phenoxy) is 3. The fourth-order valence-electron chi connectivity index (χ4n) is 1.70. The van der Waals surface area contributed by atoms with Crippen LogP contribution in [0.15, 0.2) is 0 Å². The number of hydrogen-bond acceptors (Lipinski definition) is 3. The standard InChI is InChI=1S/C13H28O3/c1-11(2)7-16-10-13(8-14-5,9-15-6)12(3)4/h11-12H,7-10H2,1-6H3. The lowest BCUT2D eigenvalue weighted by Gasteiger charge is -2.36. The van der Waals surface area contributed by atoms with Crippen molar-refractivity contribution >= 4 is 0 Å². The van der Waals surface area contributed by atoms with E-state index in [4.69, 9.17) is 14.2 Å².